The van der Waals surface area contributed by atoms with Crippen LogP contribution in [0.15, 0.2) is 12.1 Å². The van der Waals surface area contributed by atoms with Gasteiger partial charge < -0.3 is 10.1 Å². The van der Waals surface area contributed by atoms with E-state index >= 15 is 0 Å². The Morgan fingerprint density at radius 1 is 1.28 bits per heavy atom. The average Bonchev–Trinajstić information content (AvgIpc) is 3.08. The molecule has 0 spiro atoms. The summed E-state index contributed by atoms with van der Waals surface area (Å²) in [5.74, 6) is 0.925. The third-order valence-corrected chi connectivity index (χ3v) is 3.59. The minimum atomic E-state index is 0.411. The molecule has 100 valence electrons. The van der Waals surface area contributed by atoms with Gasteiger partial charge in [-0.1, -0.05) is 41.7 Å². The van der Waals surface area contributed by atoms with Crippen molar-refractivity contribution in [3.63, 3.8) is 0 Å². The van der Waals surface area contributed by atoms with Crippen LogP contribution < -0.4 is 10.1 Å². The third kappa shape index (κ3) is 4.20. The summed E-state index contributed by atoms with van der Waals surface area (Å²) in [6.07, 6.45) is 2.59. The normalized spacial score (nSPS) is 16.7. The van der Waals surface area contributed by atoms with E-state index < -0.39 is 0 Å². The summed E-state index contributed by atoms with van der Waals surface area (Å²) in [6.45, 7) is 3.67. The van der Waals surface area contributed by atoms with Crippen molar-refractivity contribution in [1.82, 2.24) is 5.32 Å². The van der Waals surface area contributed by atoms with Crippen molar-refractivity contribution < 1.29 is 4.74 Å². The molecule has 1 saturated carbocycles. The molecule has 2 nitrogen and oxygen atoms in total. The van der Waals surface area contributed by atoms with Crippen LogP contribution in [0.25, 0.3) is 0 Å². The molecule has 5 heteroatoms. The van der Waals surface area contributed by atoms with Gasteiger partial charge in [0.15, 0.2) is 5.75 Å². The van der Waals surface area contributed by atoms with Crippen molar-refractivity contribution in [1.29, 1.82) is 0 Å². The summed E-state index contributed by atoms with van der Waals surface area (Å²) in [6, 6.07) is 3.99. The van der Waals surface area contributed by atoms with Crippen molar-refractivity contribution in [3.8, 4) is 5.75 Å². The van der Waals surface area contributed by atoms with E-state index in [9.17, 15) is 0 Å². The largest absolute Gasteiger partial charge is 0.490 e. The second-order valence-electron chi connectivity index (χ2n) is 4.80. The molecule has 1 unspecified atom stereocenters. The van der Waals surface area contributed by atoms with E-state index in [2.05, 4.69) is 12.2 Å². The van der Waals surface area contributed by atoms with Crippen molar-refractivity contribution in [3.05, 3.63) is 27.2 Å². The molecular weight excluding hydrogens is 293 g/mol. The molecule has 2 rings (SSSR count). The first-order chi connectivity index (χ1) is 8.56. The molecule has 0 bridgehead atoms. The Kier molecular flexibility index (Phi) is 5.02. The van der Waals surface area contributed by atoms with Gasteiger partial charge in [0, 0.05) is 23.5 Å². The maximum absolute atomic E-state index is 6.05. The monoisotopic (exact) mass is 307 g/mol. The van der Waals surface area contributed by atoms with Gasteiger partial charge in [-0.25, -0.2) is 0 Å². The van der Waals surface area contributed by atoms with Crippen LogP contribution >= 0.6 is 34.8 Å². The van der Waals surface area contributed by atoms with Crippen LogP contribution in [0.1, 0.15) is 19.8 Å². The molecule has 0 aromatic heterocycles. The van der Waals surface area contributed by atoms with E-state index in [0.29, 0.717) is 33.3 Å². The molecule has 1 N–H and O–H groups in total. The van der Waals surface area contributed by atoms with Gasteiger partial charge in [0.05, 0.1) is 16.7 Å². The quantitative estimate of drug-likeness (QED) is 0.840. The zero-order valence-corrected chi connectivity index (χ0v) is 12.4. The third-order valence-electron chi connectivity index (χ3n) is 2.81. The van der Waals surface area contributed by atoms with Crippen LogP contribution in [0.2, 0.25) is 15.1 Å². The van der Waals surface area contributed by atoms with Crippen molar-refractivity contribution in [2.75, 3.05) is 13.2 Å². The molecule has 0 heterocycles. The summed E-state index contributed by atoms with van der Waals surface area (Å²) in [7, 11) is 0. The Hall–Kier alpha value is -0.150. The van der Waals surface area contributed by atoms with E-state index in [-0.39, 0.29) is 0 Å². The summed E-state index contributed by atoms with van der Waals surface area (Å²) < 4.78 is 5.67. The van der Waals surface area contributed by atoms with E-state index in [1.165, 1.54) is 12.8 Å². The minimum absolute atomic E-state index is 0.411. The molecule has 1 aliphatic carbocycles. The zero-order chi connectivity index (χ0) is 13.1. The summed E-state index contributed by atoms with van der Waals surface area (Å²) in [5.41, 5.74) is 0. The number of rotatable bonds is 6. The van der Waals surface area contributed by atoms with Gasteiger partial charge in [-0.3, -0.25) is 0 Å². The van der Waals surface area contributed by atoms with Crippen molar-refractivity contribution in [2.45, 2.75) is 25.8 Å². The number of nitrogens with one attached hydrogen (secondary N) is 1. The highest BCUT2D eigenvalue weighted by Crippen LogP contribution is 2.36. The van der Waals surface area contributed by atoms with Crippen LogP contribution in [0, 0.1) is 5.92 Å². The fourth-order valence-corrected chi connectivity index (χ4v) is 2.53. The number of hydrogen-bond donors (Lipinski definition) is 1. The highest BCUT2D eigenvalue weighted by molar-refractivity contribution is 6.40. The number of benzene rings is 1. The summed E-state index contributed by atoms with van der Waals surface area (Å²) in [5, 5.41) is 4.89. The van der Waals surface area contributed by atoms with Crippen LogP contribution in [-0.2, 0) is 0 Å². The number of hydrogen-bond acceptors (Lipinski definition) is 2. The van der Waals surface area contributed by atoms with Gasteiger partial charge in [0.2, 0.25) is 0 Å². The predicted molar refractivity (Wildman–Crippen MR) is 77.2 cm³/mol. The molecule has 1 aromatic rings. The van der Waals surface area contributed by atoms with Crippen molar-refractivity contribution in [2.24, 2.45) is 5.92 Å². The van der Waals surface area contributed by atoms with Crippen molar-refractivity contribution >= 4 is 34.8 Å². The lowest BCUT2D eigenvalue weighted by molar-refractivity contribution is 0.255. The standard InChI is InChI=1S/C13H16Cl3NO/c1-8(6-17-10-2-3-10)7-18-13-11(15)4-9(14)5-12(13)16/h4-5,8,10,17H,2-3,6-7H2,1H3. The fraction of sp³-hybridized carbons (Fsp3) is 0.538. The summed E-state index contributed by atoms with van der Waals surface area (Å²) in [4.78, 5) is 0. The fourth-order valence-electron chi connectivity index (χ4n) is 1.61. The first kappa shape index (κ1) is 14.3. The second kappa shape index (κ2) is 6.33. The Morgan fingerprint density at radius 2 is 1.89 bits per heavy atom. The van der Waals surface area contributed by atoms with Crippen LogP contribution in [-0.4, -0.2) is 19.2 Å². The summed E-state index contributed by atoms with van der Waals surface area (Å²) >= 11 is 17.9. The van der Waals surface area contributed by atoms with Crippen LogP contribution in [0.5, 0.6) is 5.75 Å². The molecule has 18 heavy (non-hydrogen) atoms. The van der Waals surface area contributed by atoms with Gasteiger partial charge >= 0.3 is 0 Å². The smallest absolute Gasteiger partial charge is 0.156 e. The lowest BCUT2D eigenvalue weighted by atomic mass is 10.2. The van der Waals surface area contributed by atoms with Gasteiger partial charge in [-0.05, 0) is 25.0 Å². The maximum Gasteiger partial charge on any atom is 0.156 e. The number of halogens is 3. The van der Waals surface area contributed by atoms with Crippen LogP contribution in [0.4, 0.5) is 0 Å². The molecule has 1 atom stereocenters. The molecule has 0 radical (unpaired) electrons. The van der Waals surface area contributed by atoms with Crippen LogP contribution in [0.3, 0.4) is 0 Å². The SMILES string of the molecule is CC(CNC1CC1)COc1c(Cl)cc(Cl)cc1Cl. The Morgan fingerprint density at radius 3 is 2.44 bits per heavy atom. The van der Waals surface area contributed by atoms with E-state index in [1.807, 2.05) is 0 Å². The Balaban J connectivity index is 1.84. The first-order valence-corrected chi connectivity index (χ1v) is 7.20. The Bertz CT molecular complexity index is 398. The number of ether oxygens (including phenoxy) is 1. The highest BCUT2D eigenvalue weighted by atomic mass is 35.5. The molecule has 0 saturated heterocycles. The molecular formula is C13H16Cl3NO. The van der Waals surface area contributed by atoms with Gasteiger partial charge in [0.1, 0.15) is 0 Å². The molecule has 0 amide bonds. The topological polar surface area (TPSA) is 21.3 Å². The van der Waals surface area contributed by atoms with E-state index in [4.69, 9.17) is 39.5 Å². The first-order valence-electron chi connectivity index (χ1n) is 6.07. The second-order valence-corrected chi connectivity index (χ2v) is 6.05. The predicted octanol–water partition coefficient (Wildman–Crippen LogP) is 4.41. The molecule has 1 fully saturated rings. The zero-order valence-electron chi connectivity index (χ0n) is 10.2. The molecule has 1 aromatic carbocycles. The lowest BCUT2D eigenvalue weighted by Crippen LogP contribution is -2.26. The Labute approximate surface area is 123 Å². The highest BCUT2D eigenvalue weighted by Gasteiger charge is 2.21. The van der Waals surface area contributed by atoms with E-state index in [0.717, 1.165) is 12.6 Å². The van der Waals surface area contributed by atoms with Gasteiger partial charge in [-0.2, -0.15) is 0 Å². The minimum Gasteiger partial charge on any atom is -0.490 e. The molecule has 0 aliphatic heterocycles. The maximum atomic E-state index is 6.05. The van der Waals surface area contributed by atoms with Gasteiger partial charge in [-0.15, -0.1) is 0 Å². The van der Waals surface area contributed by atoms with E-state index in [1.54, 1.807) is 12.1 Å². The van der Waals surface area contributed by atoms with Gasteiger partial charge in [0.25, 0.3) is 0 Å². The lowest BCUT2D eigenvalue weighted by Gasteiger charge is -2.15. The molecule has 1 aliphatic rings. The average molecular weight is 309 g/mol.